The molecule has 0 aliphatic heterocycles. The van der Waals surface area contributed by atoms with Crippen molar-refractivity contribution in [2.24, 2.45) is 0 Å². The average molecular weight is 150 g/mol. The van der Waals surface area contributed by atoms with Gasteiger partial charge in [0, 0.05) is 0 Å². The van der Waals surface area contributed by atoms with E-state index < -0.39 is 8.40 Å². The van der Waals surface area contributed by atoms with Gasteiger partial charge in [-0.25, -0.2) is 0 Å². The van der Waals surface area contributed by atoms with Gasteiger partial charge in [-0.2, -0.15) is 0 Å². The molecule has 0 aromatic rings. The van der Waals surface area contributed by atoms with Crippen LogP contribution in [-0.2, 0) is 0 Å². The first kappa shape index (κ1) is 7.57. The topological polar surface area (TPSA) is 24.1 Å². The van der Waals surface area contributed by atoms with Gasteiger partial charge >= 0.3 is 0 Å². The number of rotatable bonds is 2. The van der Waals surface area contributed by atoms with Gasteiger partial charge in [-0.05, 0) is 13.1 Å². The lowest BCUT2D eigenvalue weighted by Crippen LogP contribution is -2.55. The largest absolute Gasteiger partial charge is 0.355 e. The summed E-state index contributed by atoms with van der Waals surface area (Å²) in [7, 11) is 1.23. The van der Waals surface area contributed by atoms with E-state index in [0.717, 1.165) is 20.8 Å². The summed E-state index contributed by atoms with van der Waals surface area (Å²) in [5.41, 5.74) is 0. The smallest absolute Gasteiger partial charge is 0.180 e. The van der Waals surface area contributed by atoms with Gasteiger partial charge in [-0.3, -0.25) is 0 Å². The molecule has 0 aromatic heterocycles. The highest BCUT2D eigenvalue weighted by Crippen LogP contribution is 1.83. The van der Waals surface area contributed by atoms with Crippen molar-refractivity contribution in [3.63, 3.8) is 0 Å². The average Bonchev–Trinajstić information content (AvgIpc) is 1.68. The summed E-state index contributed by atoms with van der Waals surface area (Å²) in [5, 5.41) is 0. The number of hydrogen-bond donors (Lipinski definition) is 2. The van der Waals surface area contributed by atoms with E-state index in [9.17, 15) is 0 Å². The van der Waals surface area contributed by atoms with Crippen molar-refractivity contribution in [3.8, 4) is 0 Å². The normalized spacial score (nSPS) is 12.9. The molecule has 0 spiro atoms. The molecule has 0 amide bonds. The zero-order valence-corrected chi connectivity index (χ0v) is 10.5. The van der Waals surface area contributed by atoms with Gasteiger partial charge in [0.2, 0.25) is 0 Å². The van der Waals surface area contributed by atoms with Crippen molar-refractivity contribution >= 4 is 29.2 Å². The fourth-order valence-electron chi connectivity index (χ4n) is 0.125. The monoisotopic (exact) mass is 150 g/mol. The van der Waals surface area contributed by atoms with Crippen molar-refractivity contribution in [1.29, 1.82) is 0 Å². The molecule has 0 saturated heterocycles. The van der Waals surface area contributed by atoms with E-state index in [1.54, 1.807) is 0 Å². The van der Waals surface area contributed by atoms with Gasteiger partial charge in [0.15, 0.2) is 8.40 Å². The Morgan fingerprint density at radius 3 is 1.43 bits per heavy atom. The Hall–Kier alpha value is 0.571. The molecule has 0 fully saturated rings. The second-order valence-corrected chi connectivity index (χ2v) is 9.38. The molecule has 7 heavy (non-hydrogen) atoms. The quantitative estimate of drug-likeness (QED) is 0.423. The highest BCUT2D eigenvalue weighted by molar-refractivity contribution is 6.79. The molecule has 44 valence electrons. The predicted molar refractivity (Wildman–Crippen MR) is 43.6 cm³/mol. The SMILES string of the molecule is C[Si](C)(N[SiH3])N[SiH3]. The first-order valence-electron chi connectivity index (χ1n) is 2.50. The third kappa shape index (κ3) is 3.18. The molecule has 0 rings (SSSR count). The molecule has 5 heteroatoms. The lowest BCUT2D eigenvalue weighted by Gasteiger charge is -2.19. The first-order valence-corrected chi connectivity index (χ1v) is 7.50. The van der Waals surface area contributed by atoms with Gasteiger partial charge in [-0.15, -0.1) is 0 Å². The van der Waals surface area contributed by atoms with Crippen LogP contribution >= 0.6 is 0 Å². The Morgan fingerprint density at radius 2 is 1.43 bits per heavy atom. The summed E-state index contributed by atoms with van der Waals surface area (Å²) in [6.45, 7) is 4.57. The molecule has 2 N–H and O–H groups in total. The maximum atomic E-state index is 3.39. The van der Waals surface area contributed by atoms with E-state index >= 15 is 0 Å². The molecule has 0 bridgehead atoms. The van der Waals surface area contributed by atoms with Crippen LogP contribution in [0.15, 0.2) is 0 Å². The van der Waals surface area contributed by atoms with Crippen molar-refractivity contribution in [1.82, 2.24) is 9.30 Å². The summed E-state index contributed by atoms with van der Waals surface area (Å²) in [6, 6.07) is 0. The Bertz CT molecular complexity index is 48.9. The molecule has 0 atom stereocenters. The molecule has 2 nitrogen and oxygen atoms in total. The van der Waals surface area contributed by atoms with E-state index in [2.05, 4.69) is 22.4 Å². The zero-order chi connectivity index (χ0) is 5.91. The van der Waals surface area contributed by atoms with Gasteiger partial charge in [0.05, 0.1) is 20.8 Å². The summed E-state index contributed by atoms with van der Waals surface area (Å²) >= 11 is 0. The maximum absolute atomic E-state index is 3.39. The van der Waals surface area contributed by atoms with E-state index in [0.29, 0.717) is 0 Å². The van der Waals surface area contributed by atoms with Crippen LogP contribution in [0.5, 0.6) is 0 Å². The van der Waals surface area contributed by atoms with Crippen LogP contribution in [0.25, 0.3) is 0 Å². The first-order chi connectivity index (χ1) is 3.12. The minimum atomic E-state index is -1.03. The van der Waals surface area contributed by atoms with Gasteiger partial charge in [0.1, 0.15) is 0 Å². The van der Waals surface area contributed by atoms with Crippen LogP contribution < -0.4 is 9.30 Å². The maximum Gasteiger partial charge on any atom is 0.180 e. The van der Waals surface area contributed by atoms with Crippen LogP contribution in [0.3, 0.4) is 0 Å². The molecule has 0 aromatic carbocycles. The lowest BCUT2D eigenvalue weighted by atomic mass is 11.9. The van der Waals surface area contributed by atoms with Crippen LogP contribution in [0.1, 0.15) is 0 Å². The van der Waals surface area contributed by atoms with E-state index in [1.807, 2.05) is 0 Å². The molecular weight excluding hydrogens is 136 g/mol. The second-order valence-electron chi connectivity index (χ2n) is 2.12. The third-order valence-electron chi connectivity index (χ3n) is 1.25. The molecule has 0 aliphatic carbocycles. The lowest BCUT2D eigenvalue weighted by molar-refractivity contribution is 1.29. The molecule has 0 radical (unpaired) electrons. The summed E-state index contributed by atoms with van der Waals surface area (Å²) < 4.78 is 6.78. The summed E-state index contributed by atoms with van der Waals surface area (Å²) in [4.78, 5) is 0. The van der Waals surface area contributed by atoms with E-state index in [-0.39, 0.29) is 0 Å². The Kier molecular flexibility index (Phi) is 3.00. The highest BCUT2D eigenvalue weighted by Gasteiger charge is 2.12. The van der Waals surface area contributed by atoms with Crippen LogP contribution in [0, 0.1) is 0 Å². The Labute approximate surface area is 52.2 Å². The van der Waals surface area contributed by atoms with Crippen LogP contribution in [-0.4, -0.2) is 29.2 Å². The van der Waals surface area contributed by atoms with Crippen molar-refractivity contribution < 1.29 is 0 Å². The summed E-state index contributed by atoms with van der Waals surface area (Å²) in [6.07, 6.45) is 0. The zero-order valence-electron chi connectivity index (χ0n) is 5.50. The fourth-order valence-corrected chi connectivity index (χ4v) is 3.38. The van der Waals surface area contributed by atoms with Crippen molar-refractivity contribution in [2.45, 2.75) is 13.1 Å². The van der Waals surface area contributed by atoms with Gasteiger partial charge in [0.25, 0.3) is 0 Å². The van der Waals surface area contributed by atoms with Crippen molar-refractivity contribution in [2.75, 3.05) is 0 Å². The van der Waals surface area contributed by atoms with E-state index in [1.165, 1.54) is 0 Å². The van der Waals surface area contributed by atoms with Crippen molar-refractivity contribution in [3.05, 3.63) is 0 Å². The fraction of sp³-hybridized carbons (Fsp3) is 1.00. The van der Waals surface area contributed by atoms with Gasteiger partial charge < -0.3 is 9.30 Å². The third-order valence-corrected chi connectivity index (χ3v) is 11.2. The minimum Gasteiger partial charge on any atom is -0.355 e. The Morgan fingerprint density at radius 1 is 1.14 bits per heavy atom. The molecule has 0 unspecified atom stereocenters. The molecule has 0 aliphatic rings. The summed E-state index contributed by atoms with van der Waals surface area (Å²) in [5.74, 6) is 0. The Balaban J connectivity index is 3.36. The highest BCUT2D eigenvalue weighted by atomic mass is 28.4. The molecular formula is C2H14N2Si3. The molecule has 0 heterocycles. The van der Waals surface area contributed by atoms with E-state index in [4.69, 9.17) is 0 Å². The van der Waals surface area contributed by atoms with Crippen LogP contribution in [0.4, 0.5) is 0 Å². The van der Waals surface area contributed by atoms with Crippen LogP contribution in [0.2, 0.25) is 13.1 Å². The predicted octanol–water partition coefficient (Wildman–Crippen LogP) is -2.57. The number of hydrogen-bond acceptors (Lipinski definition) is 2. The second kappa shape index (κ2) is 2.78. The number of nitrogens with one attached hydrogen (secondary N) is 2. The minimum absolute atomic E-state index is 1.03. The molecule has 0 saturated carbocycles. The standard InChI is InChI=1S/C2H14N2Si3/c1-7(2,3-5)4-6/h3-4H,1-2,5-6H3. The van der Waals surface area contributed by atoms with Gasteiger partial charge in [-0.1, -0.05) is 0 Å².